The summed E-state index contributed by atoms with van der Waals surface area (Å²) in [5.41, 5.74) is 4.23. The molecule has 3 N–H and O–H groups in total. The molecule has 27 heavy (non-hydrogen) atoms. The van der Waals surface area contributed by atoms with Crippen LogP contribution in [0.15, 0.2) is 59.1 Å². The molecule has 0 saturated heterocycles. The van der Waals surface area contributed by atoms with E-state index in [1.165, 1.54) is 23.3 Å². The average molecular weight is 408 g/mol. The number of aromatic nitrogens is 3. The summed E-state index contributed by atoms with van der Waals surface area (Å²) >= 11 is 3.00. The third kappa shape index (κ3) is 4.55. The Bertz CT molecular complexity index is 1010. The van der Waals surface area contributed by atoms with Crippen molar-refractivity contribution in [2.75, 3.05) is 14.2 Å². The van der Waals surface area contributed by atoms with Crippen LogP contribution in [0.1, 0.15) is 0 Å². The minimum absolute atomic E-state index is 0. The molecule has 9 heteroatoms. The maximum Gasteiger partial charge on any atom is 1.00 e. The van der Waals surface area contributed by atoms with Crippen LogP contribution in [0.25, 0.3) is 27.3 Å². The molecule has 1 atom stereocenters. The second kappa shape index (κ2) is 8.74. The fourth-order valence-corrected chi connectivity index (χ4v) is 4.44. The molecule has 2 heterocycles. The van der Waals surface area contributed by atoms with E-state index in [0.29, 0.717) is 0 Å². The van der Waals surface area contributed by atoms with Crippen LogP contribution in [0.2, 0.25) is 0 Å². The van der Waals surface area contributed by atoms with Crippen LogP contribution >= 0.6 is 23.3 Å². The first-order chi connectivity index (χ1) is 12.6. The number of nitrogens with zero attached hydrogens (tertiary/aromatic N) is 3. The normalized spacial score (nSPS) is 12.0. The van der Waals surface area contributed by atoms with Gasteiger partial charge in [0.15, 0.2) is 11.9 Å². The van der Waals surface area contributed by atoms with Gasteiger partial charge in [0.1, 0.15) is 5.75 Å². The number of methoxy groups -OCH3 is 1. The van der Waals surface area contributed by atoms with Gasteiger partial charge in [-0.2, -0.15) is 10.3 Å². The minimum Gasteiger partial charge on any atom is -0.497 e. The molecule has 0 aliphatic rings. The molecule has 4 rings (SSSR count). The number of hydrogen-bond donors (Lipinski definition) is 2. The Kier molecular flexibility index (Phi) is 6.59. The number of hydrogen-bond acceptors (Lipinski definition) is 6. The zero-order chi connectivity index (χ0) is 18.1. The molecule has 6 nitrogen and oxygen atoms in total. The number of imidazole rings is 1. The summed E-state index contributed by atoms with van der Waals surface area (Å²) in [7, 11) is 3.54. The van der Waals surface area contributed by atoms with E-state index in [4.69, 9.17) is 10.6 Å². The summed E-state index contributed by atoms with van der Waals surface area (Å²) in [6, 6.07) is 16.4. The quantitative estimate of drug-likeness (QED) is 0.203. The molecule has 0 spiro atoms. The number of fused-ring (bicyclic) bond motifs is 1. The fraction of sp³-hybridized carbons (Fsp3) is 0.111. The van der Waals surface area contributed by atoms with Crippen LogP contribution < -0.4 is 44.6 Å². The molecule has 0 saturated carbocycles. The third-order valence-corrected chi connectivity index (χ3v) is 5.65. The van der Waals surface area contributed by atoms with Gasteiger partial charge < -0.3 is 4.74 Å². The van der Waals surface area contributed by atoms with E-state index in [1.807, 2.05) is 31.4 Å². The van der Waals surface area contributed by atoms with E-state index in [1.54, 1.807) is 11.6 Å². The van der Waals surface area contributed by atoms with Crippen LogP contribution in [0.5, 0.6) is 5.75 Å². The SMILES string of the molecule is COc1cccc(-c2ccc(-c3cn4nc(S[NH+](C)N)sc4n3)cc2)c1.[Na+]. The van der Waals surface area contributed by atoms with Crippen molar-refractivity contribution in [1.82, 2.24) is 14.6 Å². The smallest absolute Gasteiger partial charge is 0.497 e. The van der Waals surface area contributed by atoms with Crippen molar-refractivity contribution in [2.24, 2.45) is 5.84 Å². The second-order valence-electron chi connectivity index (χ2n) is 5.74. The summed E-state index contributed by atoms with van der Waals surface area (Å²) < 4.78 is 8.77. The Labute approximate surface area is 187 Å². The summed E-state index contributed by atoms with van der Waals surface area (Å²) in [5.74, 6) is 6.58. The Balaban J connectivity index is 0.00000210. The molecule has 0 radical (unpaired) electrons. The van der Waals surface area contributed by atoms with Crippen LogP contribution in [0, 0.1) is 0 Å². The molecule has 0 aliphatic carbocycles. The molecule has 132 valence electrons. The maximum atomic E-state index is 5.73. The largest absolute Gasteiger partial charge is 1.00 e. The van der Waals surface area contributed by atoms with E-state index in [2.05, 4.69) is 40.4 Å². The van der Waals surface area contributed by atoms with E-state index >= 15 is 0 Å². The monoisotopic (exact) mass is 407 g/mol. The first-order valence-electron chi connectivity index (χ1n) is 8.00. The van der Waals surface area contributed by atoms with Gasteiger partial charge in [0, 0.05) is 5.56 Å². The van der Waals surface area contributed by atoms with E-state index in [9.17, 15) is 0 Å². The molecule has 2 aromatic carbocycles. The molecule has 4 aromatic rings. The Hall–Kier alpha value is -1.39. The van der Waals surface area contributed by atoms with Crippen molar-refractivity contribution in [3.05, 3.63) is 54.7 Å². The molecular weight excluding hydrogens is 389 g/mol. The first-order valence-corrected chi connectivity index (χ1v) is 9.63. The predicted molar refractivity (Wildman–Crippen MR) is 105 cm³/mol. The number of benzene rings is 2. The van der Waals surface area contributed by atoms with Crippen LogP contribution in [-0.4, -0.2) is 28.8 Å². The Morgan fingerprint density at radius 2 is 1.85 bits per heavy atom. The average Bonchev–Trinajstić information content (AvgIpc) is 3.20. The van der Waals surface area contributed by atoms with Crippen molar-refractivity contribution >= 4 is 28.2 Å². The first kappa shape index (κ1) is 20.3. The van der Waals surface area contributed by atoms with Crippen LogP contribution in [-0.2, 0) is 0 Å². The fourth-order valence-electron chi connectivity index (χ4n) is 2.64. The zero-order valence-corrected chi connectivity index (χ0v) is 19.0. The van der Waals surface area contributed by atoms with Crippen molar-refractivity contribution in [2.45, 2.75) is 4.34 Å². The standard InChI is InChI=1S/C18H17N5OS2.Na/c1-22(19)26-18-21-23-11-16(20-17(23)25-18)13-8-6-12(7-9-13)14-4-3-5-15(10-14)24-2;/h3-11H,19H2,1-2H3;/q;+1/p+1. The van der Waals surface area contributed by atoms with Gasteiger partial charge in [-0.1, -0.05) is 47.7 Å². The second-order valence-corrected chi connectivity index (χ2v) is 8.19. The van der Waals surface area contributed by atoms with Crippen molar-refractivity contribution < 1.29 is 38.7 Å². The topological polar surface area (TPSA) is 69.9 Å². The summed E-state index contributed by atoms with van der Waals surface area (Å²) in [6.07, 6.45) is 1.95. The van der Waals surface area contributed by atoms with Crippen LogP contribution in [0.3, 0.4) is 0 Å². The molecule has 2 aromatic heterocycles. The number of quaternary nitrogens is 1. The number of nitrogens with one attached hydrogen (secondary N) is 1. The molecule has 0 aliphatic heterocycles. The number of ether oxygens (including phenoxy) is 1. The van der Waals surface area contributed by atoms with Gasteiger partial charge in [-0.15, -0.1) is 5.10 Å². The maximum absolute atomic E-state index is 5.73. The summed E-state index contributed by atoms with van der Waals surface area (Å²) in [5, 5.41) is 4.50. The molecule has 0 amide bonds. The van der Waals surface area contributed by atoms with E-state index in [-0.39, 0.29) is 29.6 Å². The molecule has 1 unspecified atom stereocenters. The Morgan fingerprint density at radius 3 is 2.52 bits per heavy atom. The zero-order valence-electron chi connectivity index (χ0n) is 15.3. The van der Waals surface area contributed by atoms with E-state index < -0.39 is 0 Å². The van der Waals surface area contributed by atoms with E-state index in [0.717, 1.165) is 41.8 Å². The van der Waals surface area contributed by atoms with Gasteiger partial charge in [-0.05, 0) is 23.3 Å². The summed E-state index contributed by atoms with van der Waals surface area (Å²) in [4.78, 5) is 5.54. The third-order valence-electron chi connectivity index (χ3n) is 3.86. The minimum atomic E-state index is 0. The van der Waals surface area contributed by atoms with Gasteiger partial charge in [-0.25, -0.2) is 9.50 Å². The van der Waals surface area contributed by atoms with Crippen molar-refractivity contribution in [3.63, 3.8) is 0 Å². The van der Waals surface area contributed by atoms with Gasteiger partial charge in [0.05, 0.1) is 26.0 Å². The van der Waals surface area contributed by atoms with Gasteiger partial charge in [0.2, 0.25) is 9.30 Å². The number of rotatable bonds is 5. The number of nitrogens with two attached hydrogens (primary N) is 1. The summed E-state index contributed by atoms with van der Waals surface area (Å²) in [6.45, 7) is 0. The van der Waals surface area contributed by atoms with Gasteiger partial charge >= 0.3 is 29.6 Å². The molecule has 0 fully saturated rings. The predicted octanol–water partition coefficient (Wildman–Crippen LogP) is -0.467. The molecular formula is C18H18N5NaOS2+2. The van der Waals surface area contributed by atoms with Crippen molar-refractivity contribution in [3.8, 4) is 28.1 Å². The molecule has 0 bridgehead atoms. The van der Waals surface area contributed by atoms with Gasteiger partial charge in [0.25, 0.3) is 0 Å². The van der Waals surface area contributed by atoms with Crippen LogP contribution in [0.4, 0.5) is 0 Å². The van der Waals surface area contributed by atoms with Gasteiger partial charge in [-0.3, -0.25) is 0 Å². The Morgan fingerprint density at radius 1 is 1.11 bits per heavy atom. The van der Waals surface area contributed by atoms with Crippen molar-refractivity contribution in [1.29, 1.82) is 0 Å².